The molecule has 0 saturated heterocycles. The average molecular weight is 224 g/mol. The van der Waals surface area contributed by atoms with Crippen molar-refractivity contribution < 1.29 is 9.90 Å². The lowest BCUT2D eigenvalue weighted by molar-refractivity contribution is 0.249. The minimum atomic E-state index is -0.543. The Balaban J connectivity index is 2.31. The Bertz CT molecular complexity index is 368. The first kappa shape index (κ1) is 12.3. The number of hydrogen-bond acceptors (Lipinski definition) is 4. The van der Waals surface area contributed by atoms with Gasteiger partial charge >= 0.3 is 6.03 Å². The number of primary amides is 1. The predicted octanol–water partition coefficient (Wildman–Crippen LogP) is -0.146. The second-order valence-electron chi connectivity index (χ2n) is 3.39. The number of amides is 2. The van der Waals surface area contributed by atoms with E-state index < -0.39 is 6.03 Å². The summed E-state index contributed by atoms with van der Waals surface area (Å²) in [5, 5.41) is 15.0. The summed E-state index contributed by atoms with van der Waals surface area (Å²) < 4.78 is 0. The molecule has 0 unspecified atom stereocenters. The molecular weight excluding hydrogens is 208 g/mol. The van der Waals surface area contributed by atoms with Crippen LogP contribution in [0.25, 0.3) is 0 Å². The first-order valence-electron chi connectivity index (χ1n) is 4.99. The number of aromatic nitrogens is 1. The Morgan fingerprint density at radius 3 is 2.94 bits per heavy atom. The molecule has 1 rings (SSSR count). The molecule has 0 bridgehead atoms. The second kappa shape index (κ2) is 5.92. The van der Waals surface area contributed by atoms with E-state index >= 15 is 0 Å². The van der Waals surface area contributed by atoms with Crippen LogP contribution in [0, 0.1) is 6.92 Å². The second-order valence-corrected chi connectivity index (χ2v) is 3.39. The number of carbonyl (C=O) groups excluding carboxylic acids is 1. The normalized spacial score (nSPS) is 10.1. The van der Waals surface area contributed by atoms with Gasteiger partial charge in [0.05, 0.1) is 5.69 Å². The number of carbonyl (C=O) groups is 1. The maximum atomic E-state index is 10.4. The van der Waals surface area contributed by atoms with Gasteiger partial charge in [0.2, 0.25) is 0 Å². The molecular formula is C10H16N4O2. The van der Waals surface area contributed by atoms with Crippen molar-refractivity contribution in [1.82, 2.24) is 15.6 Å². The van der Waals surface area contributed by atoms with Gasteiger partial charge in [0.1, 0.15) is 5.75 Å². The summed E-state index contributed by atoms with van der Waals surface area (Å²) >= 11 is 0. The van der Waals surface area contributed by atoms with Crippen LogP contribution in [0.5, 0.6) is 5.75 Å². The standard InChI is InChI=1S/C10H16N4O2/c1-7-2-3-9(15)8(14-7)6-12-4-5-13-10(11)16/h2-3,12,15H,4-6H2,1H3,(H3,11,13,16). The molecule has 0 atom stereocenters. The zero-order chi connectivity index (χ0) is 12.0. The number of nitrogens with one attached hydrogen (secondary N) is 2. The maximum absolute atomic E-state index is 10.4. The fourth-order valence-electron chi connectivity index (χ4n) is 1.21. The molecule has 0 radical (unpaired) electrons. The van der Waals surface area contributed by atoms with Crippen molar-refractivity contribution in [2.75, 3.05) is 13.1 Å². The molecule has 0 aliphatic heterocycles. The van der Waals surface area contributed by atoms with Crippen LogP contribution in [0.1, 0.15) is 11.4 Å². The number of aryl methyl sites for hydroxylation is 1. The van der Waals surface area contributed by atoms with Crippen molar-refractivity contribution in [2.45, 2.75) is 13.5 Å². The lowest BCUT2D eigenvalue weighted by atomic mass is 10.3. The van der Waals surface area contributed by atoms with Crippen LogP contribution in [-0.4, -0.2) is 29.2 Å². The highest BCUT2D eigenvalue weighted by atomic mass is 16.3. The van der Waals surface area contributed by atoms with Gasteiger partial charge in [-0.15, -0.1) is 0 Å². The Hall–Kier alpha value is -1.82. The van der Waals surface area contributed by atoms with Crippen molar-refractivity contribution in [3.8, 4) is 5.75 Å². The fraction of sp³-hybridized carbons (Fsp3) is 0.400. The molecule has 0 spiro atoms. The van der Waals surface area contributed by atoms with E-state index in [-0.39, 0.29) is 5.75 Å². The highest BCUT2D eigenvalue weighted by Gasteiger charge is 2.02. The first-order valence-corrected chi connectivity index (χ1v) is 4.99. The Morgan fingerprint density at radius 1 is 1.50 bits per heavy atom. The number of urea groups is 1. The number of aromatic hydroxyl groups is 1. The van der Waals surface area contributed by atoms with Crippen molar-refractivity contribution in [3.05, 3.63) is 23.5 Å². The van der Waals surface area contributed by atoms with Crippen LogP contribution < -0.4 is 16.4 Å². The van der Waals surface area contributed by atoms with Gasteiger partial charge in [-0.3, -0.25) is 4.98 Å². The zero-order valence-corrected chi connectivity index (χ0v) is 9.16. The summed E-state index contributed by atoms with van der Waals surface area (Å²) in [6.45, 7) is 3.32. The van der Waals surface area contributed by atoms with E-state index in [4.69, 9.17) is 5.73 Å². The lowest BCUT2D eigenvalue weighted by Gasteiger charge is -2.07. The van der Waals surface area contributed by atoms with Gasteiger partial charge in [0.15, 0.2) is 0 Å². The Labute approximate surface area is 93.9 Å². The number of rotatable bonds is 5. The molecule has 6 heteroatoms. The summed E-state index contributed by atoms with van der Waals surface area (Å²) in [6, 6.07) is 2.81. The molecule has 0 aliphatic carbocycles. The molecule has 88 valence electrons. The number of nitrogens with two attached hydrogens (primary N) is 1. The zero-order valence-electron chi connectivity index (χ0n) is 9.16. The third-order valence-corrected chi connectivity index (χ3v) is 1.98. The number of hydrogen-bond donors (Lipinski definition) is 4. The Kier molecular flexibility index (Phi) is 4.53. The van der Waals surface area contributed by atoms with Crippen molar-refractivity contribution in [2.24, 2.45) is 5.73 Å². The van der Waals surface area contributed by atoms with E-state index in [0.29, 0.717) is 25.3 Å². The van der Waals surface area contributed by atoms with Crippen LogP contribution in [-0.2, 0) is 6.54 Å². The summed E-state index contributed by atoms with van der Waals surface area (Å²) in [7, 11) is 0. The maximum Gasteiger partial charge on any atom is 0.312 e. The predicted molar refractivity (Wildman–Crippen MR) is 59.9 cm³/mol. The third kappa shape index (κ3) is 4.14. The quantitative estimate of drug-likeness (QED) is 0.523. The average Bonchev–Trinajstić information content (AvgIpc) is 2.22. The number of pyridine rings is 1. The molecule has 6 nitrogen and oxygen atoms in total. The molecule has 0 aromatic carbocycles. The van der Waals surface area contributed by atoms with Gasteiger partial charge in [-0.05, 0) is 19.1 Å². The third-order valence-electron chi connectivity index (χ3n) is 1.98. The van der Waals surface area contributed by atoms with Crippen LogP contribution >= 0.6 is 0 Å². The van der Waals surface area contributed by atoms with Crippen LogP contribution in [0.15, 0.2) is 12.1 Å². The van der Waals surface area contributed by atoms with E-state index in [2.05, 4.69) is 15.6 Å². The van der Waals surface area contributed by atoms with E-state index in [1.807, 2.05) is 6.92 Å². The van der Waals surface area contributed by atoms with Gasteiger partial charge in [-0.25, -0.2) is 4.79 Å². The summed E-state index contributed by atoms with van der Waals surface area (Å²) in [5.74, 6) is 0.168. The number of nitrogens with zero attached hydrogens (tertiary/aromatic N) is 1. The fourth-order valence-corrected chi connectivity index (χ4v) is 1.21. The molecule has 2 amide bonds. The highest BCUT2D eigenvalue weighted by molar-refractivity contribution is 5.71. The minimum Gasteiger partial charge on any atom is -0.506 e. The highest BCUT2D eigenvalue weighted by Crippen LogP contribution is 2.13. The van der Waals surface area contributed by atoms with Crippen molar-refractivity contribution in [1.29, 1.82) is 0 Å². The van der Waals surface area contributed by atoms with Crippen molar-refractivity contribution in [3.63, 3.8) is 0 Å². The topological polar surface area (TPSA) is 100 Å². The van der Waals surface area contributed by atoms with Gasteiger partial charge < -0.3 is 21.5 Å². The molecule has 0 aliphatic rings. The van der Waals surface area contributed by atoms with Gasteiger partial charge in [-0.1, -0.05) is 0 Å². The minimum absolute atomic E-state index is 0.168. The van der Waals surface area contributed by atoms with Gasteiger partial charge in [0, 0.05) is 25.3 Å². The summed E-state index contributed by atoms with van der Waals surface area (Å²) in [5.41, 5.74) is 6.35. The molecule has 0 fully saturated rings. The van der Waals surface area contributed by atoms with Crippen molar-refractivity contribution >= 4 is 6.03 Å². The molecule has 16 heavy (non-hydrogen) atoms. The smallest absolute Gasteiger partial charge is 0.312 e. The van der Waals surface area contributed by atoms with Crippen LogP contribution in [0.4, 0.5) is 4.79 Å². The van der Waals surface area contributed by atoms with Gasteiger partial charge in [0.25, 0.3) is 0 Å². The lowest BCUT2D eigenvalue weighted by Crippen LogP contribution is -2.35. The van der Waals surface area contributed by atoms with E-state index in [0.717, 1.165) is 5.69 Å². The van der Waals surface area contributed by atoms with E-state index in [1.165, 1.54) is 0 Å². The SMILES string of the molecule is Cc1ccc(O)c(CNCCNC(N)=O)n1. The van der Waals surface area contributed by atoms with Crippen LogP contribution in [0.3, 0.4) is 0 Å². The summed E-state index contributed by atoms with van der Waals surface area (Å²) in [6.07, 6.45) is 0. The monoisotopic (exact) mass is 224 g/mol. The molecule has 5 N–H and O–H groups in total. The first-order chi connectivity index (χ1) is 7.59. The molecule has 0 saturated carbocycles. The van der Waals surface area contributed by atoms with E-state index in [1.54, 1.807) is 12.1 Å². The molecule has 1 aromatic rings. The van der Waals surface area contributed by atoms with E-state index in [9.17, 15) is 9.90 Å². The largest absolute Gasteiger partial charge is 0.506 e. The molecule has 1 aromatic heterocycles. The Morgan fingerprint density at radius 2 is 2.25 bits per heavy atom. The summed E-state index contributed by atoms with van der Waals surface area (Å²) in [4.78, 5) is 14.5. The van der Waals surface area contributed by atoms with Crippen LogP contribution in [0.2, 0.25) is 0 Å². The molecule has 1 heterocycles. The van der Waals surface area contributed by atoms with Gasteiger partial charge in [-0.2, -0.15) is 0 Å².